The summed E-state index contributed by atoms with van der Waals surface area (Å²) in [5.41, 5.74) is 6.89. The summed E-state index contributed by atoms with van der Waals surface area (Å²) >= 11 is 3.51. The predicted octanol–water partition coefficient (Wildman–Crippen LogP) is 3.65. The number of halogens is 1. The van der Waals surface area contributed by atoms with Crippen LogP contribution in [0, 0.1) is 0 Å². The molecule has 0 amide bonds. The quantitative estimate of drug-likeness (QED) is 0.790. The van der Waals surface area contributed by atoms with Crippen LogP contribution in [0.15, 0.2) is 40.9 Å². The average Bonchev–Trinajstić information content (AvgIpc) is 3.25. The van der Waals surface area contributed by atoms with Gasteiger partial charge in [0.25, 0.3) is 0 Å². The summed E-state index contributed by atoms with van der Waals surface area (Å²) in [4.78, 5) is 0. The molecule has 1 heterocycles. The minimum Gasteiger partial charge on any atom is -0.324 e. The van der Waals surface area contributed by atoms with Crippen LogP contribution in [-0.4, -0.2) is 14.8 Å². The molecule has 1 aliphatic rings. The van der Waals surface area contributed by atoms with Crippen molar-refractivity contribution in [1.82, 2.24) is 14.8 Å². The fourth-order valence-corrected chi connectivity index (χ4v) is 3.11. The first-order chi connectivity index (χ1) is 10.3. The van der Waals surface area contributed by atoms with Crippen LogP contribution in [0.2, 0.25) is 0 Å². The van der Waals surface area contributed by atoms with Gasteiger partial charge in [0.15, 0.2) is 5.82 Å². The normalized spacial score (nSPS) is 14.8. The third kappa shape index (κ3) is 2.26. The van der Waals surface area contributed by atoms with E-state index >= 15 is 0 Å². The third-order valence-corrected chi connectivity index (χ3v) is 4.41. The van der Waals surface area contributed by atoms with Gasteiger partial charge in [-0.1, -0.05) is 34.1 Å². The van der Waals surface area contributed by atoms with E-state index in [4.69, 9.17) is 5.73 Å². The van der Waals surface area contributed by atoms with E-state index in [1.54, 1.807) is 0 Å². The van der Waals surface area contributed by atoms with Crippen LogP contribution in [0.25, 0.3) is 22.2 Å². The molecule has 21 heavy (non-hydrogen) atoms. The zero-order chi connectivity index (χ0) is 14.4. The molecule has 2 N–H and O–H groups in total. The monoisotopic (exact) mass is 342 g/mol. The van der Waals surface area contributed by atoms with E-state index in [2.05, 4.69) is 67.1 Å². The Morgan fingerprint density at radius 3 is 2.62 bits per heavy atom. The fourth-order valence-electron chi connectivity index (χ4n) is 2.73. The molecule has 4 rings (SSSR count). The van der Waals surface area contributed by atoms with E-state index in [0.29, 0.717) is 12.6 Å². The second-order valence-corrected chi connectivity index (χ2v) is 6.37. The van der Waals surface area contributed by atoms with Crippen LogP contribution in [0.3, 0.4) is 0 Å². The molecule has 0 saturated heterocycles. The van der Waals surface area contributed by atoms with Gasteiger partial charge in [0.05, 0.1) is 6.54 Å². The molecule has 3 aromatic rings. The lowest BCUT2D eigenvalue weighted by molar-refractivity contribution is 0.688. The number of nitrogens with zero attached hydrogens (tertiary/aromatic N) is 3. The second kappa shape index (κ2) is 4.93. The lowest BCUT2D eigenvalue weighted by Crippen LogP contribution is -2.08. The van der Waals surface area contributed by atoms with E-state index in [-0.39, 0.29) is 0 Å². The van der Waals surface area contributed by atoms with Gasteiger partial charge in [0.1, 0.15) is 5.82 Å². The van der Waals surface area contributed by atoms with Gasteiger partial charge in [-0.3, -0.25) is 0 Å². The second-order valence-electron chi connectivity index (χ2n) is 5.45. The molecular weight excluding hydrogens is 328 g/mol. The Labute approximate surface area is 131 Å². The molecule has 0 spiro atoms. The van der Waals surface area contributed by atoms with Crippen LogP contribution in [0.1, 0.15) is 24.7 Å². The number of benzene rings is 2. The highest BCUT2D eigenvalue weighted by molar-refractivity contribution is 9.10. The van der Waals surface area contributed by atoms with Crippen molar-refractivity contribution in [3.8, 4) is 11.4 Å². The van der Waals surface area contributed by atoms with Crippen LogP contribution in [-0.2, 0) is 6.54 Å². The summed E-state index contributed by atoms with van der Waals surface area (Å²) in [5, 5.41) is 11.0. The maximum atomic E-state index is 5.79. The number of hydrogen-bond acceptors (Lipinski definition) is 3. The van der Waals surface area contributed by atoms with Gasteiger partial charge in [-0.25, -0.2) is 0 Å². The molecule has 0 atom stereocenters. The molecule has 5 heteroatoms. The van der Waals surface area contributed by atoms with Crippen LogP contribution < -0.4 is 5.73 Å². The molecule has 0 unspecified atom stereocenters. The van der Waals surface area contributed by atoms with Crippen molar-refractivity contribution in [2.75, 3.05) is 0 Å². The lowest BCUT2D eigenvalue weighted by atomic mass is 10.1. The number of nitrogens with two attached hydrogens (primary N) is 1. The minimum atomic E-state index is 0.435. The summed E-state index contributed by atoms with van der Waals surface area (Å²) in [6.07, 6.45) is 2.39. The zero-order valence-corrected chi connectivity index (χ0v) is 13.0. The Hall–Kier alpha value is -1.72. The average molecular weight is 343 g/mol. The van der Waals surface area contributed by atoms with Crippen molar-refractivity contribution in [1.29, 1.82) is 0 Å². The fraction of sp³-hybridized carbons (Fsp3) is 0.250. The van der Waals surface area contributed by atoms with E-state index < -0.39 is 0 Å². The number of aromatic nitrogens is 3. The van der Waals surface area contributed by atoms with E-state index in [0.717, 1.165) is 21.7 Å². The van der Waals surface area contributed by atoms with Gasteiger partial charge in [-0.2, -0.15) is 0 Å². The van der Waals surface area contributed by atoms with Gasteiger partial charge in [-0.15, -0.1) is 10.2 Å². The largest absolute Gasteiger partial charge is 0.324 e. The van der Waals surface area contributed by atoms with Crippen LogP contribution in [0.5, 0.6) is 0 Å². The Bertz CT molecular complexity index is 820. The topological polar surface area (TPSA) is 56.7 Å². The highest BCUT2D eigenvalue weighted by Gasteiger charge is 2.29. The maximum Gasteiger partial charge on any atom is 0.164 e. The molecule has 4 nitrogen and oxygen atoms in total. The number of fused-ring (bicyclic) bond motifs is 1. The smallest absolute Gasteiger partial charge is 0.164 e. The van der Waals surface area contributed by atoms with Crippen molar-refractivity contribution >= 4 is 26.7 Å². The lowest BCUT2D eigenvalue weighted by Gasteiger charge is -2.09. The van der Waals surface area contributed by atoms with Crippen molar-refractivity contribution in [2.45, 2.75) is 25.4 Å². The first-order valence-corrected chi connectivity index (χ1v) is 7.89. The molecular formula is C16H15BrN4. The summed E-state index contributed by atoms with van der Waals surface area (Å²) in [5.74, 6) is 1.81. The van der Waals surface area contributed by atoms with Crippen LogP contribution >= 0.6 is 15.9 Å². The predicted molar refractivity (Wildman–Crippen MR) is 86.8 cm³/mol. The highest BCUT2D eigenvalue weighted by atomic mass is 79.9. The minimum absolute atomic E-state index is 0.435. The zero-order valence-electron chi connectivity index (χ0n) is 11.5. The molecule has 1 aliphatic carbocycles. The Morgan fingerprint density at radius 2 is 1.86 bits per heavy atom. The summed E-state index contributed by atoms with van der Waals surface area (Å²) < 4.78 is 3.30. The molecule has 1 aromatic heterocycles. The number of hydrogen-bond donors (Lipinski definition) is 1. The number of rotatable bonds is 3. The summed E-state index contributed by atoms with van der Waals surface area (Å²) in [6, 6.07) is 13.2. The Morgan fingerprint density at radius 1 is 1.10 bits per heavy atom. The summed E-state index contributed by atoms with van der Waals surface area (Å²) in [7, 11) is 0. The maximum absolute atomic E-state index is 5.79. The van der Waals surface area contributed by atoms with Gasteiger partial charge >= 0.3 is 0 Å². The van der Waals surface area contributed by atoms with Gasteiger partial charge in [-0.05, 0) is 41.8 Å². The standard InChI is InChI=1S/C16H15BrN4/c17-13-4-3-10-7-12(2-1-11(10)8-13)16-20-19-15(9-18)21(16)14-5-6-14/h1-4,7-8,14H,5-6,9,18H2. The first kappa shape index (κ1) is 13.0. The highest BCUT2D eigenvalue weighted by Crippen LogP contribution is 2.39. The summed E-state index contributed by atoms with van der Waals surface area (Å²) in [6.45, 7) is 0.435. The molecule has 0 bridgehead atoms. The Balaban J connectivity index is 1.86. The van der Waals surface area contributed by atoms with Gasteiger partial charge in [0.2, 0.25) is 0 Å². The van der Waals surface area contributed by atoms with Crippen molar-refractivity contribution in [2.24, 2.45) is 5.73 Å². The third-order valence-electron chi connectivity index (χ3n) is 3.92. The SMILES string of the molecule is NCc1nnc(-c2ccc3cc(Br)ccc3c2)n1C1CC1. The van der Waals surface area contributed by atoms with Crippen molar-refractivity contribution < 1.29 is 0 Å². The van der Waals surface area contributed by atoms with Crippen LogP contribution in [0.4, 0.5) is 0 Å². The molecule has 2 aromatic carbocycles. The van der Waals surface area contributed by atoms with Gasteiger partial charge < -0.3 is 10.3 Å². The van der Waals surface area contributed by atoms with Crippen molar-refractivity contribution in [3.63, 3.8) is 0 Å². The van der Waals surface area contributed by atoms with Gasteiger partial charge in [0, 0.05) is 16.1 Å². The van der Waals surface area contributed by atoms with E-state index in [9.17, 15) is 0 Å². The molecule has 0 aliphatic heterocycles. The van der Waals surface area contributed by atoms with E-state index in [1.807, 2.05) is 0 Å². The molecule has 1 fully saturated rings. The first-order valence-electron chi connectivity index (χ1n) is 7.10. The molecule has 1 saturated carbocycles. The Kier molecular flexibility index (Phi) is 3.05. The molecule has 106 valence electrons. The van der Waals surface area contributed by atoms with E-state index in [1.165, 1.54) is 23.6 Å². The molecule has 0 radical (unpaired) electrons. The van der Waals surface area contributed by atoms with Crippen molar-refractivity contribution in [3.05, 3.63) is 46.7 Å².